The van der Waals surface area contributed by atoms with Crippen LogP contribution in [0.4, 0.5) is 4.39 Å². The Morgan fingerprint density at radius 1 is 1.29 bits per heavy atom. The van der Waals surface area contributed by atoms with Gasteiger partial charge < -0.3 is 14.5 Å². The lowest BCUT2D eigenvalue weighted by Gasteiger charge is -2.16. The zero-order chi connectivity index (χ0) is 17.5. The van der Waals surface area contributed by atoms with Crippen molar-refractivity contribution in [2.45, 2.75) is 13.0 Å². The minimum Gasteiger partial charge on any atom is -0.451 e. The van der Waals surface area contributed by atoms with E-state index < -0.39 is 11.7 Å². The molecule has 0 aliphatic carbocycles. The minimum absolute atomic E-state index is 0.0110. The number of methoxy groups -OCH3 is 1. The number of halogens is 1. The molecule has 0 saturated heterocycles. The molecular formula is C16H18FN3O3S. The van der Waals surface area contributed by atoms with Crippen LogP contribution in [0.15, 0.2) is 40.8 Å². The summed E-state index contributed by atoms with van der Waals surface area (Å²) in [7, 11) is 1.58. The number of carbonyl (C=O) groups is 1. The topological polar surface area (TPSA) is 75.5 Å². The number of hydrazine groups is 1. The average molecular weight is 351 g/mol. The van der Waals surface area contributed by atoms with Crippen molar-refractivity contribution in [3.8, 4) is 11.3 Å². The van der Waals surface area contributed by atoms with Gasteiger partial charge in [-0.25, -0.2) is 4.39 Å². The first-order valence-electron chi connectivity index (χ1n) is 7.21. The molecule has 0 bridgehead atoms. The summed E-state index contributed by atoms with van der Waals surface area (Å²) in [5, 5.41) is 3.17. The molecule has 3 N–H and O–H groups in total. The lowest BCUT2D eigenvalue weighted by molar-refractivity contribution is 0.0916. The molecule has 0 aliphatic heterocycles. The van der Waals surface area contributed by atoms with Crippen LogP contribution in [0.3, 0.4) is 0 Å². The van der Waals surface area contributed by atoms with Gasteiger partial charge in [-0.15, -0.1) is 0 Å². The molecule has 2 rings (SSSR count). The van der Waals surface area contributed by atoms with Gasteiger partial charge >= 0.3 is 5.91 Å². The molecule has 0 spiro atoms. The number of hydrogen-bond donors (Lipinski definition) is 3. The zero-order valence-corrected chi connectivity index (χ0v) is 14.1. The van der Waals surface area contributed by atoms with E-state index in [4.69, 9.17) is 21.4 Å². The second kappa shape index (κ2) is 8.42. The normalized spacial score (nSPS) is 11.6. The average Bonchev–Trinajstić information content (AvgIpc) is 3.03. The molecule has 1 atom stereocenters. The fourth-order valence-corrected chi connectivity index (χ4v) is 2.24. The van der Waals surface area contributed by atoms with E-state index in [2.05, 4.69) is 16.2 Å². The molecule has 1 aromatic heterocycles. The van der Waals surface area contributed by atoms with Crippen LogP contribution in [0.5, 0.6) is 0 Å². The summed E-state index contributed by atoms with van der Waals surface area (Å²) < 4.78 is 24.1. The first-order valence-corrected chi connectivity index (χ1v) is 7.62. The molecule has 0 fully saturated rings. The molecule has 8 heteroatoms. The number of carbonyl (C=O) groups excluding carboxylic acids is 1. The molecule has 2 aromatic rings. The first-order chi connectivity index (χ1) is 11.5. The number of nitrogens with one attached hydrogen (secondary N) is 3. The fraction of sp³-hybridized carbons (Fsp3) is 0.250. The number of ether oxygens (including phenoxy) is 1. The van der Waals surface area contributed by atoms with E-state index in [0.717, 1.165) is 0 Å². The van der Waals surface area contributed by atoms with Gasteiger partial charge in [0, 0.05) is 13.2 Å². The van der Waals surface area contributed by atoms with Gasteiger partial charge in [0.15, 0.2) is 10.9 Å². The highest BCUT2D eigenvalue weighted by Gasteiger charge is 2.14. The van der Waals surface area contributed by atoms with Crippen molar-refractivity contribution < 1.29 is 18.3 Å². The summed E-state index contributed by atoms with van der Waals surface area (Å²) in [6.07, 6.45) is 0. The Morgan fingerprint density at radius 2 is 2.04 bits per heavy atom. The minimum atomic E-state index is -0.527. The lowest BCUT2D eigenvalue weighted by atomic mass is 10.1. The summed E-state index contributed by atoms with van der Waals surface area (Å²) in [5.74, 6) is -0.642. The second-order valence-electron chi connectivity index (χ2n) is 5.05. The van der Waals surface area contributed by atoms with Crippen LogP contribution < -0.4 is 16.2 Å². The molecule has 1 aromatic carbocycles. The van der Waals surface area contributed by atoms with E-state index in [0.29, 0.717) is 6.61 Å². The predicted octanol–water partition coefficient (Wildman–Crippen LogP) is 2.23. The number of rotatable bonds is 5. The van der Waals surface area contributed by atoms with E-state index in [1.165, 1.54) is 18.2 Å². The highest BCUT2D eigenvalue weighted by molar-refractivity contribution is 7.80. The maximum absolute atomic E-state index is 13.7. The van der Waals surface area contributed by atoms with Gasteiger partial charge in [0.05, 0.1) is 12.2 Å². The van der Waals surface area contributed by atoms with Crippen LogP contribution in [0.25, 0.3) is 11.3 Å². The van der Waals surface area contributed by atoms with Crippen molar-refractivity contribution >= 4 is 23.2 Å². The third-order valence-corrected chi connectivity index (χ3v) is 3.27. The molecule has 0 aliphatic rings. The summed E-state index contributed by atoms with van der Waals surface area (Å²) in [6, 6.07) is 9.15. The van der Waals surface area contributed by atoms with Crippen molar-refractivity contribution in [1.29, 1.82) is 0 Å². The van der Waals surface area contributed by atoms with Crippen molar-refractivity contribution in [2.24, 2.45) is 0 Å². The summed E-state index contributed by atoms with van der Waals surface area (Å²) in [4.78, 5) is 12.0. The Kier molecular flexibility index (Phi) is 6.28. The number of hydrogen-bond acceptors (Lipinski definition) is 4. The summed E-state index contributed by atoms with van der Waals surface area (Å²) in [6.45, 7) is 2.35. The molecular weight excluding hydrogens is 333 g/mol. The van der Waals surface area contributed by atoms with Gasteiger partial charge in [-0.3, -0.25) is 15.6 Å². The number of benzene rings is 1. The molecule has 0 radical (unpaired) electrons. The van der Waals surface area contributed by atoms with Crippen molar-refractivity contribution in [1.82, 2.24) is 16.2 Å². The van der Waals surface area contributed by atoms with Gasteiger partial charge in [-0.05, 0) is 43.4 Å². The Labute approximate surface area is 144 Å². The molecule has 1 amide bonds. The first kappa shape index (κ1) is 17.9. The molecule has 0 saturated carbocycles. The number of thiocarbonyl (C=S) groups is 1. The summed E-state index contributed by atoms with van der Waals surface area (Å²) in [5.41, 5.74) is 5.25. The van der Waals surface area contributed by atoms with Crippen LogP contribution in [-0.2, 0) is 4.74 Å². The number of amides is 1. The molecule has 24 heavy (non-hydrogen) atoms. The van der Waals surface area contributed by atoms with E-state index in [1.807, 2.05) is 6.92 Å². The van der Waals surface area contributed by atoms with Gasteiger partial charge in [0.25, 0.3) is 0 Å². The monoisotopic (exact) mass is 351 g/mol. The Balaban J connectivity index is 1.92. The van der Waals surface area contributed by atoms with Crippen molar-refractivity contribution in [3.05, 3.63) is 48.0 Å². The maximum atomic E-state index is 13.7. The van der Waals surface area contributed by atoms with Crippen LogP contribution in [-0.4, -0.2) is 30.8 Å². The predicted molar refractivity (Wildman–Crippen MR) is 91.8 cm³/mol. The smallest absolute Gasteiger partial charge is 0.305 e. The van der Waals surface area contributed by atoms with Gasteiger partial charge in [-0.1, -0.05) is 12.1 Å². The quantitative estimate of drug-likeness (QED) is 0.567. The van der Waals surface area contributed by atoms with E-state index in [1.54, 1.807) is 25.3 Å². The molecule has 128 valence electrons. The molecule has 6 nitrogen and oxygen atoms in total. The molecule has 0 unspecified atom stereocenters. The van der Waals surface area contributed by atoms with Gasteiger partial charge in [0.1, 0.15) is 11.6 Å². The van der Waals surface area contributed by atoms with Crippen molar-refractivity contribution in [3.63, 3.8) is 0 Å². The van der Waals surface area contributed by atoms with Crippen LogP contribution in [0.2, 0.25) is 0 Å². The van der Waals surface area contributed by atoms with E-state index in [-0.39, 0.29) is 28.2 Å². The lowest BCUT2D eigenvalue weighted by Crippen LogP contribution is -2.49. The maximum Gasteiger partial charge on any atom is 0.305 e. The SMILES string of the molecule is COC[C@H](C)NC(=S)NNC(=O)c1ccc(-c2ccccc2F)o1. The zero-order valence-electron chi connectivity index (χ0n) is 13.3. The number of furan rings is 1. The third-order valence-electron chi connectivity index (χ3n) is 3.05. The van der Waals surface area contributed by atoms with Gasteiger partial charge in [0.2, 0.25) is 0 Å². The Morgan fingerprint density at radius 3 is 2.75 bits per heavy atom. The van der Waals surface area contributed by atoms with Crippen molar-refractivity contribution in [2.75, 3.05) is 13.7 Å². The van der Waals surface area contributed by atoms with Gasteiger partial charge in [-0.2, -0.15) is 0 Å². The second-order valence-corrected chi connectivity index (χ2v) is 5.46. The van der Waals surface area contributed by atoms with E-state index in [9.17, 15) is 9.18 Å². The van der Waals surface area contributed by atoms with Crippen LogP contribution >= 0.6 is 12.2 Å². The molecule has 1 heterocycles. The van der Waals surface area contributed by atoms with Crippen LogP contribution in [0.1, 0.15) is 17.5 Å². The van der Waals surface area contributed by atoms with Crippen LogP contribution in [0, 0.1) is 5.82 Å². The summed E-state index contributed by atoms with van der Waals surface area (Å²) >= 11 is 5.04. The van der Waals surface area contributed by atoms with E-state index >= 15 is 0 Å². The Bertz CT molecular complexity index is 720. The standard InChI is InChI=1S/C16H18FN3O3S/c1-10(9-22-2)18-16(24)20-19-15(21)14-8-7-13(23-14)11-5-3-4-6-12(11)17/h3-8,10H,9H2,1-2H3,(H,19,21)(H2,18,20,24)/t10-/m0/s1. The highest BCUT2D eigenvalue weighted by Crippen LogP contribution is 2.24. The largest absolute Gasteiger partial charge is 0.451 e. The highest BCUT2D eigenvalue weighted by atomic mass is 32.1. The fourth-order valence-electron chi connectivity index (χ4n) is 1.99. The Hall–Kier alpha value is -2.45. The third kappa shape index (κ3) is 4.77.